The minimum absolute atomic E-state index is 0.0173. The molecule has 2 aromatic rings. The molecule has 162 valence electrons. The fraction of sp³-hybridized carbons (Fsp3) is 0.500. The first kappa shape index (κ1) is 22.2. The summed E-state index contributed by atoms with van der Waals surface area (Å²) in [6.45, 7) is 9.83. The average molecular weight is 410 g/mol. The van der Waals surface area contributed by atoms with Crippen molar-refractivity contribution in [2.45, 2.75) is 59.9 Å². The van der Waals surface area contributed by atoms with Gasteiger partial charge >= 0.3 is 0 Å². The van der Waals surface area contributed by atoms with Crippen LogP contribution in [0.1, 0.15) is 54.5 Å². The van der Waals surface area contributed by atoms with Crippen molar-refractivity contribution in [1.82, 2.24) is 5.32 Å². The number of ether oxygens (including phenoxy) is 2. The van der Waals surface area contributed by atoms with Crippen LogP contribution in [0.4, 0.5) is 0 Å². The number of methoxy groups -OCH3 is 1. The minimum Gasteiger partial charge on any atom is -0.497 e. The van der Waals surface area contributed by atoms with Crippen LogP contribution in [-0.2, 0) is 24.2 Å². The Balaban J connectivity index is 1.65. The van der Waals surface area contributed by atoms with Gasteiger partial charge < -0.3 is 14.8 Å². The van der Waals surface area contributed by atoms with Crippen LogP contribution in [0.25, 0.3) is 0 Å². The summed E-state index contributed by atoms with van der Waals surface area (Å²) in [5, 5.41) is 3.12. The fourth-order valence-electron chi connectivity index (χ4n) is 4.42. The van der Waals surface area contributed by atoms with Crippen LogP contribution in [0, 0.1) is 25.7 Å². The SMILES string of the molecule is CCCOc1cc(C)c2c(c1C)CC(C(C)C(=O)NCc1ccc(OC)cc1)CC2. The highest BCUT2D eigenvalue weighted by Gasteiger charge is 2.30. The second kappa shape index (κ2) is 10.0. The first-order valence-electron chi connectivity index (χ1n) is 11.1. The van der Waals surface area contributed by atoms with E-state index in [1.54, 1.807) is 7.11 Å². The number of nitrogens with one attached hydrogen (secondary N) is 1. The van der Waals surface area contributed by atoms with Crippen molar-refractivity contribution < 1.29 is 14.3 Å². The molecule has 1 aliphatic carbocycles. The van der Waals surface area contributed by atoms with E-state index in [9.17, 15) is 4.79 Å². The van der Waals surface area contributed by atoms with Gasteiger partial charge in [-0.2, -0.15) is 0 Å². The highest BCUT2D eigenvalue weighted by atomic mass is 16.5. The van der Waals surface area contributed by atoms with Crippen LogP contribution in [-0.4, -0.2) is 19.6 Å². The van der Waals surface area contributed by atoms with E-state index >= 15 is 0 Å². The number of carbonyl (C=O) groups is 1. The first-order valence-corrected chi connectivity index (χ1v) is 11.1. The molecule has 1 aliphatic rings. The molecule has 0 fully saturated rings. The molecule has 0 heterocycles. The maximum atomic E-state index is 12.9. The zero-order chi connectivity index (χ0) is 21.7. The van der Waals surface area contributed by atoms with Gasteiger partial charge in [0.15, 0.2) is 0 Å². The molecule has 30 heavy (non-hydrogen) atoms. The van der Waals surface area contributed by atoms with Crippen molar-refractivity contribution in [1.29, 1.82) is 0 Å². The van der Waals surface area contributed by atoms with Gasteiger partial charge in [-0.05, 0) is 91.5 Å². The van der Waals surface area contributed by atoms with E-state index in [1.165, 1.54) is 22.3 Å². The molecular formula is C26H35NO3. The van der Waals surface area contributed by atoms with Crippen LogP contribution in [0.5, 0.6) is 11.5 Å². The number of hydrogen-bond donors (Lipinski definition) is 1. The zero-order valence-electron chi connectivity index (χ0n) is 19.0. The molecule has 0 aromatic heterocycles. The quantitative estimate of drug-likeness (QED) is 0.655. The van der Waals surface area contributed by atoms with Crippen LogP contribution in [0.15, 0.2) is 30.3 Å². The second-order valence-corrected chi connectivity index (χ2v) is 8.48. The average Bonchev–Trinajstić information content (AvgIpc) is 2.78. The number of benzene rings is 2. The molecule has 2 atom stereocenters. The fourth-order valence-corrected chi connectivity index (χ4v) is 4.42. The molecular weight excluding hydrogens is 374 g/mol. The summed E-state index contributed by atoms with van der Waals surface area (Å²) in [7, 11) is 1.66. The molecule has 0 spiro atoms. The number of fused-ring (bicyclic) bond motifs is 1. The number of hydrogen-bond acceptors (Lipinski definition) is 3. The normalized spacial score (nSPS) is 16.5. The Morgan fingerprint density at radius 3 is 2.60 bits per heavy atom. The zero-order valence-corrected chi connectivity index (χ0v) is 19.0. The van der Waals surface area contributed by atoms with E-state index in [-0.39, 0.29) is 11.8 Å². The monoisotopic (exact) mass is 409 g/mol. The Morgan fingerprint density at radius 1 is 1.20 bits per heavy atom. The van der Waals surface area contributed by atoms with Gasteiger partial charge in [0.25, 0.3) is 0 Å². The summed E-state index contributed by atoms with van der Waals surface area (Å²) in [5.74, 6) is 2.30. The smallest absolute Gasteiger partial charge is 0.223 e. The third-order valence-electron chi connectivity index (χ3n) is 6.45. The Bertz CT molecular complexity index is 873. The summed E-state index contributed by atoms with van der Waals surface area (Å²) in [5.41, 5.74) is 6.50. The maximum Gasteiger partial charge on any atom is 0.223 e. The first-order chi connectivity index (χ1) is 14.4. The van der Waals surface area contributed by atoms with Crippen LogP contribution < -0.4 is 14.8 Å². The topological polar surface area (TPSA) is 47.6 Å². The predicted molar refractivity (Wildman–Crippen MR) is 121 cm³/mol. The van der Waals surface area contributed by atoms with Gasteiger partial charge in [0.1, 0.15) is 11.5 Å². The van der Waals surface area contributed by atoms with Crippen molar-refractivity contribution in [3.05, 3.63) is 58.1 Å². The van der Waals surface area contributed by atoms with Crippen molar-refractivity contribution in [3.63, 3.8) is 0 Å². The highest BCUT2D eigenvalue weighted by molar-refractivity contribution is 5.78. The summed E-state index contributed by atoms with van der Waals surface area (Å²) in [6, 6.07) is 10.0. The molecule has 0 saturated carbocycles. The Morgan fingerprint density at radius 2 is 1.93 bits per heavy atom. The number of carbonyl (C=O) groups excluding carboxylic acids is 1. The third-order valence-corrected chi connectivity index (χ3v) is 6.45. The van der Waals surface area contributed by atoms with E-state index in [1.807, 2.05) is 24.3 Å². The van der Waals surface area contributed by atoms with E-state index in [2.05, 4.69) is 39.1 Å². The van der Waals surface area contributed by atoms with Gasteiger partial charge in [0.05, 0.1) is 13.7 Å². The van der Waals surface area contributed by atoms with Gasteiger partial charge in [-0.3, -0.25) is 4.79 Å². The molecule has 2 unspecified atom stereocenters. The molecule has 1 amide bonds. The van der Waals surface area contributed by atoms with Crippen LogP contribution in [0.3, 0.4) is 0 Å². The van der Waals surface area contributed by atoms with Crippen molar-refractivity contribution >= 4 is 5.91 Å². The van der Waals surface area contributed by atoms with Gasteiger partial charge in [0, 0.05) is 12.5 Å². The van der Waals surface area contributed by atoms with Gasteiger partial charge in [-0.1, -0.05) is 26.0 Å². The summed E-state index contributed by atoms with van der Waals surface area (Å²) < 4.78 is 11.2. The van der Waals surface area contributed by atoms with E-state index in [0.717, 1.165) is 49.4 Å². The van der Waals surface area contributed by atoms with E-state index in [0.29, 0.717) is 12.5 Å². The largest absolute Gasteiger partial charge is 0.497 e. The van der Waals surface area contributed by atoms with Gasteiger partial charge in [-0.25, -0.2) is 0 Å². The van der Waals surface area contributed by atoms with Gasteiger partial charge in [-0.15, -0.1) is 0 Å². The number of amides is 1. The lowest BCUT2D eigenvalue weighted by molar-refractivity contribution is -0.126. The molecule has 2 aromatic carbocycles. The molecule has 0 bridgehead atoms. The van der Waals surface area contributed by atoms with E-state index in [4.69, 9.17) is 9.47 Å². The second-order valence-electron chi connectivity index (χ2n) is 8.48. The lowest BCUT2D eigenvalue weighted by Crippen LogP contribution is -2.35. The molecule has 0 aliphatic heterocycles. The van der Waals surface area contributed by atoms with Crippen molar-refractivity contribution in [2.24, 2.45) is 11.8 Å². The summed E-state index contributed by atoms with van der Waals surface area (Å²) in [4.78, 5) is 12.9. The molecule has 0 radical (unpaired) electrons. The van der Waals surface area contributed by atoms with Crippen molar-refractivity contribution in [2.75, 3.05) is 13.7 Å². The number of rotatable bonds is 8. The highest BCUT2D eigenvalue weighted by Crippen LogP contribution is 2.37. The Kier molecular flexibility index (Phi) is 7.41. The molecule has 0 saturated heterocycles. The molecule has 4 heteroatoms. The Hall–Kier alpha value is -2.49. The lowest BCUT2D eigenvalue weighted by atomic mass is 9.74. The third kappa shape index (κ3) is 4.97. The van der Waals surface area contributed by atoms with E-state index < -0.39 is 0 Å². The summed E-state index contributed by atoms with van der Waals surface area (Å²) in [6.07, 6.45) is 4.04. The Labute approximate surface area is 181 Å². The number of aryl methyl sites for hydroxylation is 1. The van der Waals surface area contributed by atoms with Crippen LogP contribution >= 0.6 is 0 Å². The lowest BCUT2D eigenvalue weighted by Gasteiger charge is -2.31. The summed E-state index contributed by atoms with van der Waals surface area (Å²) >= 11 is 0. The maximum absolute atomic E-state index is 12.9. The molecule has 4 nitrogen and oxygen atoms in total. The predicted octanol–water partition coefficient (Wildman–Crippen LogP) is 5.16. The standard InChI is InChI=1S/C26H35NO3/c1-6-13-30-25-14-17(2)23-12-9-21(15-24(23)19(25)4)18(3)26(28)27-16-20-7-10-22(29-5)11-8-20/h7-8,10-11,14,18,21H,6,9,12-13,15-16H2,1-5H3,(H,27,28). The molecule has 1 N–H and O–H groups in total. The van der Waals surface area contributed by atoms with Crippen molar-refractivity contribution in [3.8, 4) is 11.5 Å². The van der Waals surface area contributed by atoms with Crippen LogP contribution in [0.2, 0.25) is 0 Å². The molecule has 3 rings (SSSR count). The minimum atomic E-state index is -0.0173. The van der Waals surface area contributed by atoms with Gasteiger partial charge in [0.2, 0.25) is 5.91 Å².